The third-order valence-corrected chi connectivity index (χ3v) is 5.44. The predicted molar refractivity (Wildman–Crippen MR) is 117 cm³/mol. The highest BCUT2D eigenvalue weighted by Gasteiger charge is 2.35. The number of methoxy groups -OCH3 is 3. The van der Waals surface area contributed by atoms with Crippen molar-refractivity contribution in [1.82, 2.24) is 9.80 Å². The second-order valence-electron chi connectivity index (χ2n) is 7.56. The first-order valence-electron chi connectivity index (χ1n) is 10.4. The van der Waals surface area contributed by atoms with Crippen molar-refractivity contribution in [2.24, 2.45) is 0 Å². The normalized spacial score (nSPS) is 14.4. The Balaban J connectivity index is 1.71. The quantitative estimate of drug-likeness (QED) is 0.402. The topological polar surface area (TPSA) is 104 Å². The fraction of sp³-hybridized carbons (Fsp3) is 0.409. The maximum Gasteiger partial charge on any atom is 0.573 e. The highest BCUT2D eigenvalue weighted by molar-refractivity contribution is 6.00. The van der Waals surface area contributed by atoms with E-state index in [4.69, 9.17) is 14.2 Å². The van der Waals surface area contributed by atoms with Crippen molar-refractivity contribution in [2.75, 3.05) is 47.5 Å². The number of nitro benzene ring substituents is 1. The Hall–Kier alpha value is -3.74. The molecule has 0 unspecified atom stereocenters. The maximum atomic E-state index is 13.2. The first-order chi connectivity index (χ1) is 16.6. The van der Waals surface area contributed by atoms with Crippen LogP contribution in [0.2, 0.25) is 0 Å². The number of ether oxygens (including phenoxy) is 4. The van der Waals surface area contributed by atoms with Gasteiger partial charge in [0.25, 0.3) is 5.91 Å². The molecule has 1 heterocycles. The standard InChI is InChI=1S/C22H24F3N3O7/c1-32-17-12-16(18(28(30)31)20(34-3)19(17)33-2)21(29)27-10-8-26(9-11-27)13-14-4-6-15(7-5-14)35-22(23,24)25/h4-7,12H,8-11,13H2,1-3H3. The summed E-state index contributed by atoms with van der Waals surface area (Å²) in [5.74, 6) is -0.936. The van der Waals surface area contributed by atoms with E-state index in [1.807, 2.05) is 4.90 Å². The van der Waals surface area contributed by atoms with Gasteiger partial charge in [-0.25, -0.2) is 0 Å². The van der Waals surface area contributed by atoms with E-state index in [1.165, 1.54) is 56.6 Å². The van der Waals surface area contributed by atoms with Crippen LogP contribution in [0.4, 0.5) is 18.9 Å². The van der Waals surface area contributed by atoms with Gasteiger partial charge in [-0.05, 0) is 17.7 Å². The van der Waals surface area contributed by atoms with Gasteiger partial charge in [0, 0.05) is 38.8 Å². The summed E-state index contributed by atoms with van der Waals surface area (Å²) in [5.41, 5.74) is 0.0801. The minimum Gasteiger partial charge on any atom is -0.493 e. The minimum atomic E-state index is -4.75. The number of rotatable bonds is 8. The zero-order chi connectivity index (χ0) is 25.8. The van der Waals surface area contributed by atoms with Crippen LogP contribution >= 0.6 is 0 Å². The zero-order valence-corrected chi connectivity index (χ0v) is 19.3. The van der Waals surface area contributed by atoms with E-state index in [0.29, 0.717) is 32.7 Å². The summed E-state index contributed by atoms with van der Waals surface area (Å²) in [6.07, 6.45) is -4.75. The molecule has 190 valence electrons. The molecular weight excluding hydrogens is 475 g/mol. The first kappa shape index (κ1) is 25.9. The van der Waals surface area contributed by atoms with Crippen LogP contribution in [-0.2, 0) is 6.54 Å². The van der Waals surface area contributed by atoms with Gasteiger partial charge in [-0.3, -0.25) is 19.8 Å². The minimum absolute atomic E-state index is 0.00900. The van der Waals surface area contributed by atoms with E-state index < -0.39 is 22.9 Å². The van der Waals surface area contributed by atoms with E-state index in [1.54, 1.807) is 0 Å². The fourth-order valence-electron chi connectivity index (χ4n) is 3.82. The van der Waals surface area contributed by atoms with Gasteiger partial charge in [0.2, 0.25) is 11.5 Å². The lowest BCUT2D eigenvalue weighted by molar-refractivity contribution is -0.386. The molecule has 10 nitrogen and oxygen atoms in total. The van der Waals surface area contributed by atoms with Gasteiger partial charge in [-0.1, -0.05) is 12.1 Å². The Labute approximate surface area is 198 Å². The van der Waals surface area contributed by atoms with Crippen LogP contribution in [0.3, 0.4) is 0 Å². The molecule has 0 aliphatic carbocycles. The predicted octanol–water partition coefficient (Wildman–Crippen LogP) is 3.48. The Morgan fingerprint density at radius 3 is 2.09 bits per heavy atom. The van der Waals surface area contributed by atoms with Crippen LogP contribution in [0.25, 0.3) is 0 Å². The molecule has 3 rings (SSSR count). The van der Waals surface area contributed by atoms with Crippen molar-refractivity contribution in [3.8, 4) is 23.0 Å². The molecule has 0 aromatic heterocycles. The highest BCUT2D eigenvalue weighted by Crippen LogP contribution is 2.46. The molecule has 0 bridgehead atoms. The number of carbonyl (C=O) groups excluding carboxylic acids is 1. The van der Waals surface area contributed by atoms with Crippen molar-refractivity contribution in [1.29, 1.82) is 0 Å². The molecule has 0 radical (unpaired) electrons. The van der Waals surface area contributed by atoms with Crippen molar-refractivity contribution in [2.45, 2.75) is 12.9 Å². The Morgan fingerprint density at radius 2 is 1.60 bits per heavy atom. The number of hydrogen-bond donors (Lipinski definition) is 0. The smallest absolute Gasteiger partial charge is 0.493 e. The summed E-state index contributed by atoms with van der Waals surface area (Å²) in [5, 5.41) is 11.8. The average molecular weight is 499 g/mol. The number of hydrogen-bond acceptors (Lipinski definition) is 8. The van der Waals surface area contributed by atoms with Crippen molar-refractivity contribution >= 4 is 11.6 Å². The third-order valence-electron chi connectivity index (χ3n) is 5.44. The zero-order valence-electron chi connectivity index (χ0n) is 19.3. The summed E-state index contributed by atoms with van der Waals surface area (Å²) in [6, 6.07) is 6.83. The Bertz CT molecular complexity index is 1070. The monoisotopic (exact) mass is 499 g/mol. The Kier molecular flexibility index (Phi) is 7.89. The molecule has 1 aliphatic rings. The summed E-state index contributed by atoms with van der Waals surface area (Å²) in [4.78, 5) is 27.8. The number of alkyl halides is 3. The van der Waals surface area contributed by atoms with E-state index in [0.717, 1.165) is 5.56 Å². The van der Waals surface area contributed by atoms with E-state index >= 15 is 0 Å². The number of carbonyl (C=O) groups is 1. The second kappa shape index (κ2) is 10.7. The molecule has 1 fully saturated rings. The molecule has 1 amide bonds. The van der Waals surface area contributed by atoms with Crippen molar-refractivity contribution in [3.63, 3.8) is 0 Å². The Morgan fingerprint density at radius 1 is 1.00 bits per heavy atom. The van der Waals surface area contributed by atoms with Crippen LogP contribution in [0.15, 0.2) is 30.3 Å². The molecule has 13 heteroatoms. The number of nitrogens with zero attached hydrogens (tertiary/aromatic N) is 3. The van der Waals surface area contributed by atoms with Gasteiger partial charge in [0.05, 0.1) is 26.3 Å². The summed E-state index contributed by atoms with van der Waals surface area (Å²) >= 11 is 0. The molecule has 2 aromatic rings. The summed E-state index contributed by atoms with van der Waals surface area (Å²) < 4.78 is 56.4. The van der Waals surface area contributed by atoms with Crippen LogP contribution < -0.4 is 18.9 Å². The van der Waals surface area contributed by atoms with Gasteiger partial charge < -0.3 is 23.8 Å². The van der Waals surface area contributed by atoms with Gasteiger partial charge in [-0.15, -0.1) is 13.2 Å². The highest BCUT2D eigenvalue weighted by atomic mass is 19.4. The number of nitro groups is 1. The van der Waals surface area contributed by atoms with E-state index in [2.05, 4.69) is 4.74 Å². The average Bonchev–Trinajstić information content (AvgIpc) is 2.82. The SMILES string of the molecule is COc1cc(C(=O)N2CCN(Cc3ccc(OC(F)(F)F)cc3)CC2)c([N+](=O)[O-])c(OC)c1OC. The van der Waals surface area contributed by atoms with Gasteiger partial charge >= 0.3 is 12.0 Å². The lowest BCUT2D eigenvalue weighted by Gasteiger charge is -2.34. The summed E-state index contributed by atoms with van der Waals surface area (Å²) in [7, 11) is 3.89. The molecule has 2 aromatic carbocycles. The number of benzene rings is 2. The first-order valence-corrected chi connectivity index (χ1v) is 10.4. The third kappa shape index (κ3) is 6.04. The maximum absolute atomic E-state index is 13.2. The number of amides is 1. The lowest BCUT2D eigenvalue weighted by atomic mass is 10.1. The number of halogens is 3. The van der Waals surface area contributed by atoms with Crippen LogP contribution in [0, 0.1) is 10.1 Å². The molecule has 0 atom stereocenters. The molecule has 35 heavy (non-hydrogen) atoms. The second-order valence-corrected chi connectivity index (χ2v) is 7.56. The van der Waals surface area contributed by atoms with Crippen molar-refractivity contribution in [3.05, 3.63) is 51.6 Å². The largest absolute Gasteiger partial charge is 0.573 e. The van der Waals surface area contributed by atoms with Gasteiger partial charge in [0.15, 0.2) is 5.75 Å². The molecular formula is C22H24F3N3O7. The number of piperazine rings is 1. The van der Waals surface area contributed by atoms with Gasteiger partial charge in [0.1, 0.15) is 11.3 Å². The molecule has 0 N–H and O–H groups in total. The van der Waals surface area contributed by atoms with Crippen LogP contribution in [0.1, 0.15) is 15.9 Å². The lowest BCUT2D eigenvalue weighted by Crippen LogP contribution is -2.48. The molecule has 1 saturated heterocycles. The molecule has 0 spiro atoms. The van der Waals surface area contributed by atoms with Crippen LogP contribution in [0.5, 0.6) is 23.0 Å². The van der Waals surface area contributed by atoms with Crippen molar-refractivity contribution < 1.29 is 41.8 Å². The molecule has 1 aliphatic heterocycles. The van der Waals surface area contributed by atoms with Gasteiger partial charge in [-0.2, -0.15) is 0 Å². The van der Waals surface area contributed by atoms with E-state index in [9.17, 15) is 28.1 Å². The fourth-order valence-corrected chi connectivity index (χ4v) is 3.82. The van der Waals surface area contributed by atoms with Crippen LogP contribution in [-0.4, -0.2) is 74.5 Å². The van der Waals surface area contributed by atoms with E-state index in [-0.39, 0.29) is 28.6 Å². The molecule has 0 saturated carbocycles. The summed E-state index contributed by atoms with van der Waals surface area (Å²) in [6.45, 7) is 1.97.